The fourth-order valence-corrected chi connectivity index (χ4v) is 2.99. The normalized spacial score (nSPS) is 20.0. The highest BCUT2D eigenvalue weighted by Crippen LogP contribution is 2.31. The molecule has 0 saturated carbocycles. The number of fused-ring (bicyclic) bond motifs is 1. The van der Waals surface area contributed by atoms with Gasteiger partial charge in [0.15, 0.2) is 0 Å². The van der Waals surface area contributed by atoms with Crippen LogP contribution in [-0.4, -0.2) is 9.78 Å². The molecule has 0 fully saturated rings. The van der Waals surface area contributed by atoms with Crippen LogP contribution in [0.3, 0.4) is 0 Å². The van der Waals surface area contributed by atoms with Crippen molar-refractivity contribution in [2.24, 2.45) is 7.05 Å². The maximum absolute atomic E-state index is 4.25. The van der Waals surface area contributed by atoms with E-state index in [0.717, 1.165) is 0 Å². The largest absolute Gasteiger partial charge is 0.303 e. The number of rotatable bonds is 3. The lowest BCUT2D eigenvalue weighted by Crippen LogP contribution is -2.27. The Balaban J connectivity index is 1.77. The molecule has 1 heterocycles. The Morgan fingerprint density at radius 3 is 3.00 bits per heavy atom. The number of benzene rings is 1. The molecule has 2 unspecified atom stereocenters. The number of aryl methyl sites for hydroxylation is 2. The molecule has 0 aliphatic heterocycles. The average molecular weight is 255 g/mol. The quantitative estimate of drug-likeness (QED) is 0.913. The van der Waals surface area contributed by atoms with E-state index < -0.39 is 0 Å². The summed E-state index contributed by atoms with van der Waals surface area (Å²) in [4.78, 5) is 0. The minimum absolute atomic E-state index is 0.338. The molecule has 19 heavy (non-hydrogen) atoms. The Kier molecular flexibility index (Phi) is 3.38. The first-order valence-corrected chi connectivity index (χ1v) is 7.06. The van der Waals surface area contributed by atoms with E-state index in [2.05, 4.69) is 47.8 Å². The van der Waals surface area contributed by atoms with Crippen molar-refractivity contribution < 1.29 is 0 Å². The summed E-state index contributed by atoms with van der Waals surface area (Å²) in [6, 6.07) is 9.63. The van der Waals surface area contributed by atoms with Crippen LogP contribution in [0.4, 0.5) is 0 Å². The third-order valence-electron chi connectivity index (χ3n) is 4.05. The standard InChI is InChI=1S/C16H21N3/c1-12(14-10-17-19(2)11-14)18-16-9-5-7-13-6-3-4-8-15(13)16/h3-4,6,8,10-12,16,18H,5,7,9H2,1-2H3. The monoisotopic (exact) mass is 255 g/mol. The second-order valence-corrected chi connectivity index (χ2v) is 5.48. The van der Waals surface area contributed by atoms with Crippen LogP contribution in [0, 0.1) is 0 Å². The summed E-state index contributed by atoms with van der Waals surface area (Å²) < 4.78 is 1.86. The van der Waals surface area contributed by atoms with E-state index in [9.17, 15) is 0 Å². The molecule has 1 aliphatic rings. The van der Waals surface area contributed by atoms with Crippen molar-refractivity contribution in [3.63, 3.8) is 0 Å². The second-order valence-electron chi connectivity index (χ2n) is 5.48. The molecule has 2 aromatic rings. The van der Waals surface area contributed by atoms with Gasteiger partial charge in [-0.3, -0.25) is 4.68 Å². The van der Waals surface area contributed by atoms with Crippen molar-refractivity contribution in [3.05, 3.63) is 53.3 Å². The van der Waals surface area contributed by atoms with Gasteiger partial charge in [-0.2, -0.15) is 5.10 Å². The van der Waals surface area contributed by atoms with Crippen LogP contribution in [-0.2, 0) is 13.5 Å². The molecule has 3 heteroatoms. The van der Waals surface area contributed by atoms with Crippen LogP contribution in [0.25, 0.3) is 0 Å². The lowest BCUT2D eigenvalue weighted by atomic mass is 9.87. The van der Waals surface area contributed by atoms with E-state index in [0.29, 0.717) is 12.1 Å². The van der Waals surface area contributed by atoms with E-state index in [1.165, 1.54) is 36.0 Å². The van der Waals surface area contributed by atoms with Crippen LogP contribution in [0.1, 0.15) is 48.5 Å². The zero-order valence-electron chi connectivity index (χ0n) is 11.6. The van der Waals surface area contributed by atoms with Gasteiger partial charge in [-0.05, 0) is 37.3 Å². The van der Waals surface area contributed by atoms with Crippen LogP contribution in [0.15, 0.2) is 36.7 Å². The number of hydrogen-bond donors (Lipinski definition) is 1. The molecule has 1 aliphatic carbocycles. The fraction of sp³-hybridized carbons (Fsp3) is 0.438. The molecule has 3 rings (SSSR count). The number of hydrogen-bond acceptors (Lipinski definition) is 2. The van der Waals surface area contributed by atoms with E-state index >= 15 is 0 Å². The van der Waals surface area contributed by atoms with Gasteiger partial charge in [0.2, 0.25) is 0 Å². The molecular weight excluding hydrogens is 234 g/mol. The molecule has 0 radical (unpaired) electrons. The highest BCUT2D eigenvalue weighted by molar-refractivity contribution is 5.32. The van der Waals surface area contributed by atoms with E-state index in [1.807, 2.05) is 17.9 Å². The predicted octanol–water partition coefficient (Wildman–Crippen LogP) is 3.15. The topological polar surface area (TPSA) is 29.9 Å². The number of nitrogens with one attached hydrogen (secondary N) is 1. The highest BCUT2D eigenvalue weighted by Gasteiger charge is 2.21. The summed E-state index contributed by atoms with van der Waals surface area (Å²) in [6.07, 6.45) is 7.75. The number of aromatic nitrogens is 2. The van der Waals surface area contributed by atoms with Gasteiger partial charge >= 0.3 is 0 Å². The molecule has 2 atom stereocenters. The maximum atomic E-state index is 4.25. The molecule has 100 valence electrons. The van der Waals surface area contributed by atoms with Gasteiger partial charge in [0.05, 0.1) is 6.20 Å². The van der Waals surface area contributed by atoms with E-state index in [-0.39, 0.29) is 0 Å². The van der Waals surface area contributed by atoms with E-state index in [1.54, 1.807) is 0 Å². The lowest BCUT2D eigenvalue weighted by Gasteiger charge is -2.29. The van der Waals surface area contributed by atoms with Gasteiger partial charge in [-0.25, -0.2) is 0 Å². The molecule has 1 aromatic carbocycles. The van der Waals surface area contributed by atoms with Crippen LogP contribution >= 0.6 is 0 Å². The third kappa shape index (κ3) is 2.56. The fourth-order valence-electron chi connectivity index (χ4n) is 2.99. The summed E-state index contributed by atoms with van der Waals surface area (Å²) in [5.41, 5.74) is 4.24. The Labute approximate surface area is 114 Å². The molecule has 0 saturated heterocycles. The molecule has 1 N–H and O–H groups in total. The summed E-state index contributed by atoms with van der Waals surface area (Å²) in [6.45, 7) is 2.22. The molecule has 0 amide bonds. The van der Waals surface area contributed by atoms with Gasteiger partial charge in [-0.1, -0.05) is 24.3 Å². The van der Waals surface area contributed by atoms with Crippen LogP contribution < -0.4 is 5.32 Å². The Hall–Kier alpha value is -1.61. The minimum atomic E-state index is 0.338. The Morgan fingerprint density at radius 1 is 1.37 bits per heavy atom. The first kappa shape index (κ1) is 12.4. The maximum Gasteiger partial charge on any atom is 0.0537 e. The first-order chi connectivity index (χ1) is 9.24. The predicted molar refractivity (Wildman–Crippen MR) is 76.9 cm³/mol. The van der Waals surface area contributed by atoms with Gasteiger partial charge < -0.3 is 5.32 Å². The number of nitrogens with zero attached hydrogens (tertiary/aromatic N) is 2. The molecule has 3 nitrogen and oxygen atoms in total. The Bertz CT molecular complexity index is 559. The SMILES string of the molecule is CC(NC1CCCc2ccccc21)c1cnn(C)c1. The smallest absolute Gasteiger partial charge is 0.0537 e. The van der Waals surface area contributed by atoms with Crippen LogP contribution in [0.5, 0.6) is 0 Å². The van der Waals surface area contributed by atoms with Gasteiger partial charge in [0, 0.05) is 30.9 Å². The Morgan fingerprint density at radius 2 is 2.21 bits per heavy atom. The summed E-state index contributed by atoms with van der Waals surface area (Å²) in [7, 11) is 1.96. The minimum Gasteiger partial charge on any atom is -0.303 e. The second kappa shape index (κ2) is 5.17. The van der Waals surface area contributed by atoms with Crippen LogP contribution in [0.2, 0.25) is 0 Å². The summed E-state index contributed by atoms with van der Waals surface area (Å²) >= 11 is 0. The van der Waals surface area contributed by atoms with E-state index in [4.69, 9.17) is 0 Å². The van der Waals surface area contributed by atoms with Crippen molar-refractivity contribution in [1.29, 1.82) is 0 Å². The molecular formula is C16H21N3. The first-order valence-electron chi connectivity index (χ1n) is 7.06. The zero-order chi connectivity index (χ0) is 13.2. The average Bonchev–Trinajstić information content (AvgIpc) is 2.86. The summed E-state index contributed by atoms with van der Waals surface area (Å²) in [5.74, 6) is 0. The zero-order valence-corrected chi connectivity index (χ0v) is 11.6. The molecule has 0 bridgehead atoms. The molecule has 0 spiro atoms. The van der Waals surface area contributed by atoms with Gasteiger partial charge in [-0.15, -0.1) is 0 Å². The van der Waals surface area contributed by atoms with Crippen molar-refractivity contribution >= 4 is 0 Å². The van der Waals surface area contributed by atoms with Crippen molar-refractivity contribution in [2.45, 2.75) is 38.3 Å². The van der Waals surface area contributed by atoms with Crippen molar-refractivity contribution in [3.8, 4) is 0 Å². The van der Waals surface area contributed by atoms with Gasteiger partial charge in [0.25, 0.3) is 0 Å². The lowest BCUT2D eigenvalue weighted by molar-refractivity contribution is 0.415. The molecule has 1 aromatic heterocycles. The highest BCUT2D eigenvalue weighted by atomic mass is 15.2. The summed E-state index contributed by atoms with van der Waals surface area (Å²) in [5, 5.41) is 8.00. The third-order valence-corrected chi connectivity index (χ3v) is 4.05. The van der Waals surface area contributed by atoms with Crippen molar-refractivity contribution in [1.82, 2.24) is 15.1 Å². The van der Waals surface area contributed by atoms with Crippen molar-refractivity contribution in [2.75, 3.05) is 0 Å². The van der Waals surface area contributed by atoms with Gasteiger partial charge in [0.1, 0.15) is 0 Å².